The summed E-state index contributed by atoms with van der Waals surface area (Å²) in [5.41, 5.74) is -0.00745. The third kappa shape index (κ3) is 6.68. The molecule has 0 heterocycles. The Morgan fingerprint density at radius 3 is 2.46 bits per heavy atom. The summed E-state index contributed by atoms with van der Waals surface area (Å²) in [4.78, 5) is 35.4. The molecule has 1 rings (SSSR count). The standard InChI is InChI=1S/C17H24N2O5/c1-6-18-14(20)11(2)23-15(21)12-8-7-9-13(10-12)19-16(22)24-17(3,4)5/h7-11H,6H2,1-5H3,(H,18,20)(H,19,22)/t11-/m0/s1. The lowest BCUT2D eigenvalue weighted by Gasteiger charge is -2.19. The minimum Gasteiger partial charge on any atom is -0.449 e. The molecule has 0 aliphatic carbocycles. The average Bonchev–Trinajstić information content (AvgIpc) is 2.45. The molecule has 7 heteroatoms. The molecule has 2 N–H and O–H groups in total. The molecule has 0 saturated carbocycles. The van der Waals surface area contributed by atoms with Gasteiger partial charge in [0.15, 0.2) is 6.10 Å². The van der Waals surface area contributed by atoms with Crippen LogP contribution in [-0.4, -0.2) is 36.2 Å². The first-order valence-electron chi connectivity index (χ1n) is 7.71. The van der Waals surface area contributed by atoms with Crippen molar-refractivity contribution < 1.29 is 23.9 Å². The largest absolute Gasteiger partial charge is 0.449 e. The number of carbonyl (C=O) groups is 3. The molecule has 1 aromatic rings. The van der Waals surface area contributed by atoms with Crippen molar-refractivity contribution in [1.29, 1.82) is 0 Å². The topological polar surface area (TPSA) is 93.7 Å². The van der Waals surface area contributed by atoms with E-state index in [1.165, 1.54) is 19.1 Å². The highest BCUT2D eigenvalue weighted by atomic mass is 16.6. The van der Waals surface area contributed by atoms with E-state index in [0.29, 0.717) is 12.2 Å². The Hall–Kier alpha value is -2.57. The van der Waals surface area contributed by atoms with Gasteiger partial charge in [0.2, 0.25) is 0 Å². The first-order chi connectivity index (χ1) is 11.1. The molecule has 0 radical (unpaired) electrons. The number of hydrogen-bond acceptors (Lipinski definition) is 5. The molecule has 0 saturated heterocycles. The monoisotopic (exact) mass is 336 g/mol. The molecular formula is C17H24N2O5. The van der Waals surface area contributed by atoms with Crippen LogP contribution >= 0.6 is 0 Å². The molecule has 0 aromatic heterocycles. The third-order valence-corrected chi connectivity index (χ3v) is 2.75. The van der Waals surface area contributed by atoms with Crippen LogP contribution in [0.25, 0.3) is 0 Å². The predicted molar refractivity (Wildman–Crippen MR) is 89.9 cm³/mol. The summed E-state index contributed by atoms with van der Waals surface area (Å²) in [5, 5.41) is 5.11. The quantitative estimate of drug-likeness (QED) is 0.806. The third-order valence-electron chi connectivity index (χ3n) is 2.75. The molecule has 1 atom stereocenters. The summed E-state index contributed by atoms with van der Waals surface area (Å²) in [5.74, 6) is -1.02. The van der Waals surface area contributed by atoms with E-state index in [9.17, 15) is 14.4 Å². The molecule has 24 heavy (non-hydrogen) atoms. The number of anilines is 1. The SMILES string of the molecule is CCNC(=O)[C@H](C)OC(=O)c1cccc(NC(=O)OC(C)(C)C)c1. The zero-order valence-corrected chi connectivity index (χ0v) is 14.6. The minimum atomic E-state index is -0.903. The molecule has 1 aromatic carbocycles. The number of amides is 2. The smallest absolute Gasteiger partial charge is 0.412 e. The van der Waals surface area contributed by atoms with Crippen molar-refractivity contribution in [1.82, 2.24) is 5.32 Å². The zero-order valence-electron chi connectivity index (χ0n) is 14.6. The van der Waals surface area contributed by atoms with E-state index in [4.69, 9.17) is 9.47 Å². The molecule has 0 aliphatic rings. The summed E-state index contributed by atoms with van der Waals surface area (Å²) in [6.45, 7) is 8.98. The van der Waals surface area contributed by atoms with Crippen LogP contribution in [-0.2, 0) is 14.3 Å². The fourth-order valence-electron chi connectivity index (χ4n) is 1.75. The van der Waals surface area contributed by atoms with Crippen molar-refractivity contribution in [2.75, 3.05) is 11.9 Å². The summed E-state index contributed by atoms with van der Waals surface area (Å²) >= 11 is 0. The van der Waals surface area contributed by atoms with E-state index >= 15 is 0 Å². The van der Waals surface area contributed by atoms with Gasteiger partial charge in [-0.05, 0) is 52.8 Å². The van der Waals surface area contributed by atoms with Crippen LogP contribution in [0.4, 0.5) is 10.5 Å². The molecule has 0 bridgehead atoms. The molecule has 2 amide bonds. The highest BCUT2D eigenvalue weighted by Gasteiger charge is 2.19. The number of carbonyl (C=O) groups excluding carboxylic acids is 3. The molecule has 0 unspecified atom stereocenters. The number of benzene rings is 1. The normalized spacial score (nSPS) is 12.0. The number of ether oxygens (including phenoxy) is 2. The lowest BCUT2D eigenvalue weighted by molar-refractivity contribution is -0.128. The fourth-order valence-corrected chi connectivity index (χ4v) is 1.75. The van der Waals surface area contributed by atoms with Crippen molar-refractivity contribution in [2.45, 2.75) is 46.3 Å². The second-order valence-corrected chi connectivity index (χ2v) is 6.15. The summed E-state index contributed by atoms with van der Waals surface area (Å²) < 4.78 is 10.2. The number of hydrogen-bond donors (Lipinski definition) is 2. The van der Waals surface area contributed by atoms with E-state index in [2.05, 4.69) is 10.6 Å². The van der Waals surface area contributed by atoms with E-state index in [-0.39, 0.29) is 11.5 Å². The Labute approximate surface area is 141 Å². The highest BCUT2D eigenvalue weighted by molar-refractivity contribution is 5.94. The Morgan fingerprint density at radius 1 is 1.21 bits per heavy atom. The summed E-state index contributed by atoms with van der Waals surface area (Å²) in [6, 6.07) is 6.21. The van der Waals surface area contributed by atoms with Crippen LogP contribution in [0.15, 0.2) is 24.3 Å². The van der Waals surface area contributed by atoms with Crippen molar-refractivity contribution in [3.63, 3.8) is 0 Å². The Kier molecular flexibility index (Phi) is 6.76. The number of rotatable bonds is 5. The number of esters is 1. The first kappa shape index (κ1) is 19.5. The van der Waals surface area contributed by atoms with Crippen LogP contribution in [0.5, 0.6) is 0 Å². The van der Waals surface area contributed by atoms with E-state index in [1.807, 2.05) is 0 Å². The van der Waals surface area contributed by atoms with Gasteiger partial charge in [0.05, 0.1) is 5.56 Å². The van der Waals surface area contributed by atoms with Gasteiger partial charge in [-0.2, -0.15) is 0 Å². The molecule has 132 valence electrons. The second kappa shape index (κ2) is 8.33. The Balaban J connectivity index is 2.72. The van der Waals surface area contributed by atoms with Gasteiger partial charge in [-0.15, -0.1) is 0 Å². The van der Waals surface area contributed by atoms with Crippen LogP contribution in [0, 0.1) is 0 Å². The van der Waals surface area contributed by atoms with Gasteiger partial charge in [-0.3, -0.25) is 10.1 Å². The molecule has 0 fully saturated rings. The van der Waals surface area contributed by atoms with Crippen molar-refractivity contribution in [3.8, 4) is 0 Å². The van der Waals surface area contributed by atoms with E-state index in [1.54, 1.807) is 39.8 Å². The van der Waals surface area contributed by atoms with Crippen LogP contribution in [0.1, 0.15) is 45.0 Å². The van der Waals surface area contributed by atoms with Gasteiger partial charge in [0.1, 0.15) is 5.60 Å². The van der Waals surface area contributed by atoms with Crippen LogP contribution in [0.2, 0.25) is 0 Å². The molecule has 7 nitrogen and oxygen atoms in total. The predicted octanol–water partition coefficient (Wildman–Crippen LogP) is 2.72. The highest BCUT2D eigenvalue weighted by Crippen LogP contribution is 2.15. The number of nitrogens with one attached hydrogen (secondary N) is 2. The summed E-state index contributed by atoms with van der Waals surface area (Å²) in [7, 11) is 0. The van der Waals surface area contributed by atoms with Crippen LogP contribution < -0.4 is 10.6 Å². The van der Waals surface area contributed by atoms with Gasteiger partial charge >= 0.3 is 12.1 Å². The maximum absolute atomic E-state index is 12.1. The van der Waals surface area contributed by atoms with Crippen molar-refractivity contribution in [3.05, 3.63) is 29.8 Å². The van der Waals surface area contributed by atoms with Gasteiger partial charge in [0.25, 0.3) is 5.91 Å². The van der Waals surface area contributed by atoms with Gasteiger partial charge < -0.3 is 14.8 Å². The second-order valence-electron chi connectivity index (χ2n) is 6.15. The molecular weight excluding hydrogens is 312 g/mol. The van der Waals surface area contributed by atoms with Gasteiger partial charge in [-0.1, -0.05) is 6.07 Å². The first-order valence-corrected chi connectivity index (χ1v) is 7.71. The Morgan fingerprint density at radius 2 is 1.88 bits per heavy atom. The number of likely N-dealkylation sites (N-methyl/N-ethyl adjacent to an activating group) is 1. The fraction of sp³-hybridized carbons (Fsp3) is 0.471. The molecule has 0 spiro atoms. The zero-order chi connectivity index (χ0) is 18.3. The van der Waals surface area contributed by atoms with Gasteiger partial charge in [0, 0.05) is 12.2 Å². The summed E-state index contributed by atoms with van der Waals surface area (Å²) in [6.07, 6.45) is -1.52. The van der Waals surface area contributed by atoms with Crippen LogP contribution in [0.3, 0.4) is 0 Å². The van der Waals surface area contributed by atoms with Crippen molar-refractivity contribution in [2.24, 2.45) is 0 Å². The van der Waals surface area contributed by atoms with E-state index < -0.39 is 23.8 Å². The maximum atomic E-state index is 12.1. The van der Waals surface area contributed by atoms with E-state index in [0.717, 1.165) is 0 Å². The minimum absolute atomic E-state index is 0.222. The Bertz CT molecular complexity index is 607. The average molecular weight is 336 g/mol. The lowest BCUT2D eigenvalue weighted by atomic mass is 10.2. The molecule has 0 aliphatic heterocycles. The van der Waals surface area contributed by atoms with Gasteiger partial charge in [-0.25, -0.2) is 9.59 Å². The van der Waals surface area contributed by atoms with Crippen molar-refractivity contribution >= 4 is 23.7 Å². The maximum Gasteiger partial charge on any atom is 0.412 e. The lowest BCUT2D eigenvalue weighted by Crippen LogP contribution is -2.35.